The van der Waals surface area contributed by atoms with Crippen LogP contribution >= 0.6 is 23.6 Å². The van der Waals surface area contributed by atoms with E-state index in [-0.39, 0.29) is 12.1 Å². The zero-order valence-corrected chi connectivity index (χ0v) is 20.7. The molecule has 2 atom stereocenters. The van der Waals surface area contributed by atoms with Crippen LogP contribution in [0.2, 0.25) is 0 Å². The smallest absolute Gasteiger partial charge is 0.193 e. The van der Waals surface area contributed by atoms with Gasteiger partial charge in [0.15, 0.2) is 10.2 Å². The second-order valence-electron chi connectivity index (χ2n) is 8.60. The lowest BCUT2D eigenvalue weighted by Gasteiger charge is -2.30. The van der Waals surface area contributed by atoms with Gasteiger partial charge in [-0.2, -0.15) is 0 Å². The van der Waals surface area contributed by atoms with Crippen molar-refractivity contribution >= 4 is 28.7 Å². The van der Waals surface area contributed by atoms with Crippen molar-refractivity contribution in [2.45, 2.75) is 32.4 Å². The summed E-state index contributed by atoms with van der Waals surface area (Å²) in [6.45, 7) is 9.98. The fourth-order valence-corrected chi connectivity index (χ4v) is 6.07. The van der Waals surface area contributed by atoms with E-state index >= 15 is 0 Å². The normalized spacial score (nSPS) is 21.5. The van der Waals surface area contributed by atoms with Crippen molar-refractivity contribution in [3.05, 3.63) is 64.7 Å². The fraction of sp³-hybridized carbons (Fsp3) is 0.458. The van der Waals surface area contributed by atoms with Gasteiger partial charge in [-0.05, 0) is 56.2 Å². The van der Waals surface area contributed by atoms with Gasteiger partial charge >= 0.3 is 0 Å². The van der Waals surface area contributed by atoms with Crippen molar-refractivity contribution in [2.24, 2.45) is 0 Å². The highest BCUT2D eigenvalue weighted by atomic mass is 32.1. The van der Waals surface area contributed by atoms with Gasteiger partial charge in [0, 0.05) is 55.3 Å². The van der Waals surface area contributed by atoms with Crippen LogP contribution in [-0.2, 0) is 4.74 Å². The third kappa shape index (κ3) is 4.55. The highest BCUT2D eigenvalue weighted by molar-refractivity contribution is 7.80. The van der Waals surface area contributed by atoms with Crippen LogP contribution in [0.1, 0.15) is 41.1 Å². The average Bonchev–Trinajstić information content (AvgIpc) is 3.54. The maximum Gasteiger partial charge on any atom is 0.193 e. The van der Waals surface area contributed by atoms with Crippen molar-refractivity contribution in [3.8, 4) is 5.13 Å². The van der Waals surface area contributed by atoms with Crippen LogP contribution in [0.4, 0.5) is 0 Å². The van der Waals surface area contributed by atoms with Crippen LogP contribution < -0.4 is 5.32 Å². The summed E-state index contributed by atoms with van der Waals surface area (Å²) in [4.78, 5) is 14.1. The Morgan fingerprint density at radius 1 is 1.15 bits per heavy atom. The molecular weight excluding hydrogens is 452 g/mol. The summed E-state index contributed by atoms with van der Waals surface area (Å²) in [6.07, 6.45) is 4.77. The summed E-state index contributed by atoms with van der Waals surface area (Å²) in [7, 11) is 0. The van der Waals surface area contributed by atoms with E-state index in [1.807, 2.05) is 29.9 Å². The SMILES string of the molecule is Cc1cc([C@H]2[C@H](c3ccccn3)NC(=S)N2CCCN2CCOCC2)c(C)n1-c1nccs1. The Bertz CT molecular complexity index is 1080. The number of nitrogens with one attached hydrogen (secondary N) is 1. The number of aryl methyl sites for hydroxylation is 1. The molecule has 2 aliphatic rings. The minimum absolute atomic E-state index is 0.00679. The Hall–Kier alpha value is -2.33. The molecule has 2 aliphatic heterocycles. The number of morpholine rings is 1. The predicted molar refractivity (Wildman–Crippen MR) is 135 cm³/mol. The molecule has 0 saturated carbocycles. The molecule has 174 valence electrons. The standard InChI is InChI=1S/C24H30N6OS2/c1-17-16-19(18(2)30(17)24-26-8-15-33-24)22-21(20-6-3-4-7-25-20)27-23(32)29(22)10-5-9-28-11-13-31-14-12-28/h3-4,6-8,15-16,21-22H,5,9-14H2,1-2H3,(H,27,32)/t21-,22-/m0/s1. The number of aromatic nitrogens is 3. The van der Waals surface area contributed by atoms with Gasteiger partial charge < -0.3 is 15.0 Å². The quantitative estimate of drug-likeness (QED) is 0.516. The van der Waals surface area contributed by atoms with Crippen LogP contribution in [0.15, 0.2) is 42.0 Å². The number of rotatable bonds is 7. The molecule has 0 aromatic carbocycles. The number of thiazole rings is 1. The maximum atomic E-state index is 5.86. The molecular formula is C24H30N6OS2. The molecule has 5 heterocycles. The minimum atomic E-state index is 0.00679. The van der Waals surface area contributed by atoms with E-state index < -0.39 is 0 Å². The molecule has 3 aromatic rings. The molecule has 3 aromatic heterocycles. The highest BCUT2D eigenvalue weighted by Crippen LogP contribution is 2.41. The average molecular weight is 483 g/mol. The van der Waals surface area contributed by atoms with Crippen molar-refractivity contribution in [3.63, 3.8) is 0 Å². The number of ether oxygens (including phenoxy) is 1. The lowest BCUT2D eigenvalue weighted by molar-refractivity contribution is 0.0365. The fourth-order valence-electron chi connectivity index (χ4n) is 4.98. The summed E-state index contributed by atoms with van der Waals surface area (Å²) in [5.74, 6) is 0. The van der Waals surface area contributed by atoms with E-state index in [0.29, 0.717) is 0 Å². The molecule has 0 unspecified atom stereocenters. The molecule has 1 N–H and O–H groups in total. The van der Waals surface area contributed by atoms with Crippen LogP contribution in [0.5, 0.6) is 0 Å². The first-order valence-electron chi connectivity index (χ1n) is 11.5. The topological polar surface area (TPSA) is 58.5 Å². The molecule has 33 heavy (non-hydrogen) atoms. The summed E-state index contributed by atoms with van der Waals surface area (Å²) in [6, 6.07) is 8.47. The second kappa shape index (κ2) is 9.89. The number of hydrogen-bond donors (Lipinski definition) is 1. The first-order valence-corrected chi connectivity index (χ1v) is 12.8. The summed E-state index contributed by atoms with van der Waals surface area (Å²) < 4.78 is 7.75. The van der Waals surface area contributed by atoms with Gasteiger partial charge in [-0.1, -0.05) is 6.07 Å². The van der Waals surface area contributed by atoms with Crippen molar-refractivity contribution in [2.75, 3.05) is 39.4 Å². The van der Waals surface area contributed by atoms with E-state index in [2.05, 4.69) is 55.6 Å². The van der Waals surface area contributed by atoms with Crippen LogP contribution in [-0.4, -0.2) is 68.8 Å². The first kappa shape index (κ1) is 22.5. The monoisotopic (exact) mass is 482 g/mol. The van der Waals surface area contributed by atoms with Crippen molar-refractivity contribution in [1.29, 1.82) is 0 Å². The Morgan fingerprint density at radius 2 is 2.00 bits per heavy atom. The number of pyridine rings is 1. The third-order valence-corrected chi connectivity index (χ3v) is 7.68. The molecule has 0 amide bonds. The highest BCUT2D eigenvalue weighted by Gasteiger charge is 2.41. The molecule has 0 aliphatic carbocycles. The lowest BCUT2D eigenvalue weighted by atomic mass is 9.96. The number of hydrogen-bond acceptors (Lipinski definition) is 6. The Balaban J connectivity index is 1.45. The molecule has 9 heteroatoms. The minimum Gasteiger partial charge on any atom is -0.379 e. The lowest BCUT2D eigenvalue weighted by Crippen LogP contribution is -2.39. The van der Waals surface area contributed by atoms with E-state index in [1.165, 1.54) is 17.0 Å². The van der Waals surface area contributed by atoms with Crippen LogP contribution in [0, 0.1) is 13.8 Å². The maximum absolute atomic E-state index is 5.86. The zero-order chi connectivity index (χ0) is 22.8. The number of thiocarbonyl (C=S) groups is 1. The van der Waals surface area contributed by atoms with Gasteiger partial charge in [0.25, 0.3) is 0 Å². The predicted octanol–water partition coefficient (Wildman–Crippen LogP) is 3.64. The summed E-state index contributed by atoms with van der Waals surface area (Å²) in [5, 5.41) is 7.41. The first-order chi connectivity index (χ1) is 16.1. The van der Waals surface area contributed by atoms with E-state index in [1.54, 1.807) is 11.3 Å². The van der Waals surface area contributed by atoms with E-state index in [9.17, 15) is 0 Å². The van der Waals surface area contributed by atoms with Gasteiger partial charge in [-0.3, -0.25) is 14.5 Å². The van der Waals surface area contributed by atoms with E-state index in [0.717, 1.165) is 61.8 Å². The molecule has 0 spiro atoms. The molecule has 0 radical (unpaired) electrons. The van der Waals surface area contributed by atoms with E-state index in [4.69, 9.17) is 17.0 Å². The van der Waals surface area contributed by atoms with Crippen molar-refractivity contribution < 1.29 is 4.74 Å². The second-order valence-corrected chi connectivity index (χ2v) is 9.86. The molecule has 2 saturated heterocycles. The Morgan fingerprint density at radius 3 is 2.73 bits per heavy atom. The molecule has 0 bridgehead atoms. The summed E-state index contributed by atoms with van der Waals surface area (Å²) in [5.41, 5.74) is 4.68. The molecule has 5 rings (SSSR count). The Kier molecular flexibility index (Phi) is 6.73. The van der Waals surface area contributed by atoms with Crippen molar-refractivity contribution in [1.82, 2.24) is 29.7 Å². The van der Waals surface area contributed by atoms with Gasteiger partial charge in [-0.25, -0.2) is 4.98 Å². The molecule has 7 nitrogen and oxygen atoms in total. The molecule has 2 fully saturated rings. The van der Waals surface area contributed by atoms with Gasteiger partial charge in [0.1, 0.15) is 0 Å². The zero-order valence-electron chi connectivity index (χ0n) is 19.1. The summed E-state index contributed by atoms with van der Waals surface area (Å²) >= 11 is 7.52. The van der Waals surface area contributed by atoms with Crippen LogP contribution in [0.25, 0.3) is 5.13 Å². The third-order valence-electron chi connectivity index (χ3n) is 6.57. The van der Waals surface area contributed by atoms with Crippen LogP contribution in [0.3, 0.4) is 0 Å². The van der Waals surface area contributed by atoms with Gasteiger partial charge in [0.05, 0.1) is 31.0 Å². The number of nitrogens with zero attached hydrogens (tertiary/aromatic N) is 5. The van der Waals surface area contributed by atoms with Gasteiger partial charge in [-0.15, -0.1) is 11.3 Å². The van der Waals surface area contributed by atoms with Gasteiger partial charge in [0.2, 0.25) is 0 Å². The largest absolute Gasteiger partial charge is 0.379 e. The Labute approximate surface area is 204 Å².